The summed E-state index contributed by atoms with van der Waals surface area (Å²) in [7, 11) is 0. The topological polar surface area (TPSA) is 61.8 Å². The number of anilines is 1. The number of nitrogens with one attached hydrogen (secondary N) is 1. The van der Waals surface area contributed by atoms with Crippen LogP contribution in [-0.4, -0.2) is 0 Å². The quantitative estimate of drug-likeness (QED) is 0.685. The summed E-state index contributed by atoms with van der Waals surface area (Å²) in [5.74, 6) is 0. The van der Waals surface area contributed by atoms with Crippen molar-refractivity contribution in [1.29, 1.82) is 5.26 Å². The first kappa shape index (κ1) is 8.15. The molecule has 0 unspecified atom stereocenters. The van der Waals surface area contributed by atoms with Crippen LogP contribution in [0.25, 0.3) is 0 Å². The Hall–Kier alpha value is -1.95. The predicted molar refractivity (Wildman–Crippen MR) is 48.1 cm³/mol. The summed E-state index contributed by atoms with van der Waals surface area (Å²) in [5.41, 5.74) is 6.70. The minimum Gasteiger partial charge on any atom is -0.403 e. The van der Waals surface area contributed by atoms with Crippen LogP contribution >= 0.6 is 0 Å². The number of benzene rings is 1. The summed E-state index contributed by atoms with van der Waals surface area (Å²) < 4.78 is 0. The predicted octanol–water partition coefficient (Wildman–Crippen LogP) is 1.40. The van der Waals surface area contributed by atoms with Crippen LogP contribution in [0.4, 0.5) is 5.69 Å². The first-order valence-corrected chi connectivity index (χ1v) is 3.50. The Morgan fingerprint density at radius 1 is 1.33 bits per heavy atom. The molecule has 0 radical (unpaired) electrons. The molecule has 0 aliphatic carbocycles. The molecule has 0 aliphatic rings. The molecular formula is C9H9N3. The molecule has 3 nitrogen and oxygen atoms in total. The van der Waals surface area contributed by atoms with Gasteiger partial charge >= 0.3 is 0 Å². The largest absolute Gasteiger partial charge is 0.403 e. The number of nitriles is 1. The fourth-order valence-corrected chi connectivity index (χ4v) is 0.785. The van der Waals surface area contributed by atoms with Crippen molar-refractivity contribution in [3.63, 3.8) is 0 Å². The number of hydrogen-bond donors (Lipinski definition) is 2. The average Bonchev–Trinajstić information content (AvgIpc) is 2.15. The van der Waals surface area contributed by atoms with Gasteiger partial charge in [-0.3, -0.25) is 0 Å². The lowest BCUT2D eigenvalue weighted by Crippen LogP contribution is -1.89. The third kappa shape index (κ3) is 2.03. The minimum atomic E-state index is 0.650. The van der Waals surface area contributed by atoms with Gasteiger partial charge in [0.15, 0.2) is 0 Å². The first-order valence-electron chi connectivity index (χ1n) is 3.50. The monoisotopic (exact) mass is 159 g/mol. The number of rotatable bonds is 2. The summed E-state index contributed by atoms with van der Waals surface area (Å²) in [6.07, 6.45) is 3.04. The molecule has 0 saturated carbocycles. The maximum atomic E-state index is 8.50. The molecule has 0 spiro atoms. The second kappa shape index (κ2) is 4.04. The van der Waals surface area contributed by atoms with Crippen molar-refractivity contribution in [1.82, 2.24) is 0 Å². The fraction of sp³-hybridized carbons (Fsp3) is 0. The van der Waals surface area contributed by atoms with Gasteiger partial charge in [-0.1, -0.05) is 0 Å². The van der Waals surface area contributed by atoms with Crippen LogP contribution in [0.5, 0.6) is 0 Å². The number of hydrogen-bond acceptors (Lipinski definition) is 3. The van der Waals surface area contributed by atoms with E-state index in [9.17, 15) is 0 Å². The number of nitrogens with two attached hydrogens (primary N) is 1. The summed E-state index contributed by atoms with van der Waals surface area (Å²) in [6, 6.07) is 9.16. The van der Waals surface area contributed by atoms with Crippen LogP contribution in [0.3, 0.4) is 0 Å². The van der Waals surface area contributed by atoms with Gasteiger partial charge in [-0.05, 0) is 24.3 Å². The van der Waals surface area contributed by atoms with E-state index < -0.39 is 0 Å². The fourth-order valence-electron chi connectivity index (χ4n) is 0.785. The van der Waals surface area contributed by atoms with Gasteiger partial charge in [0, 0.05) is 18.1 Å². The molecule has 3 heteroatoms. The lowest BCUT2D eigenvalue weighted by atomic mass is 10.2. The molecule has 0 atom stereocenters. The standard InChI is InChI=1S/C9H9N3/c10-5-6-12-9-3-1-8(7-11)2-4-9/h1-6,12H,10H2/b6-5-. The highest BCUT2D eigenvalue weighted by Gasteiger charge is 1.89. The van der Waals surface area contributed by atoms with Crippen LogP contribution in [0.2, 0.25) is 0 Å². The Labute approximate surface area is 71.1 Å². The van der Waals surface area contributed by atoms with Crippen molar-refractivity contribution in [2.45, 2.75) is 0 Å². The average molecular weight is 159 g/mol. The highest BCUT2D eigenvalue weighted by molar-refractivity contribution is 5.48. The lowest BCUT2D eigenvalue weighted by molar-refractivity contribution is 1.47. The van der Waals surface area contributed by atoms with E-state index in [1.54, 1.807) is 18.3 Å². The van der Waals surface area contributed by atoms with Gasteiger partial charge < -0.3 is 11.1 Å². The minimum absolute atomic E-state index is 0.650. The van der Waals surface area contributed by atoms with E-state index in [1.807, 2.05) is 18.2 Å². The summed E-state index contributed by atoms with van der Waals surface area (Å²) in [5, 5.41) is 11.4. The van der Waals surface area contributed by atoms with E-state index in [0.29, 0.717) is 5.56 Å². The van der Waals surface area contributed by atoms with Crippen molar-refractivity contribution < 1.29 is 0 Å². The van der Waals surface area contributed by atoms with Crippen LogP contribution in [-0.2, 0) is 0 Å². The molecule has 0 heterocycles. The Bertz CT molecular complexity index is 306. The van der Waals surface area contributed by atoms with E-state index in [4.69, 9.17) is 11.0 Å². The highest BCUT2D eigenvalue weighted by atomic mass is 14.8. The molecule has 1 rings (SSSR count). The van der Waals surface area contributed by atoms with Crippen molar-refractivity contribution >= 4 is 5.69 Å². The van der Waals surface area contributed by atoms with E-state index in [0.717, 1.165) is 5.69 Å². The van der Waals surface area contributed by atoms with Gasteiger partial charge in [0.2, 0.25) is 0 Å². The molecule has 3 N–H and O–H groups in total. The molecule has 0 fully saturated rings. The van der Waals surface area contributed by atoms with Gasteiger partial charge in [-0.2, -0.15) is 5.26 Å². The first-order chi connectivity index (χ1) is 5.86. The molecule has 1 aromatic rings. The highest BCUT2D eigenvalue weighted by Crippen LogP contribution is 2.07. The summed E-state index contributed by atoms with van der Waals surface area (Å²) in [6.45, 7) is 0. The molecule has 1 aromatic carbocycles. The molecule has 0 bridgehead atoms. The van der Waals surface area contributed by atoms with Gasteiger partial charge in [0.25, 0.3) is 0 Å². The molecule has 12 heavy (non-hydrogen) atoms. The van der Waals surface area contributed by atoms with Gasteiger partial charge in [0.05, 0.1) is 11.6 Å². The van der Waals surface area contributed by atoms with E-state index in [2.05, 4.69) is 5.32 Å². The SMILES string of the molecule is N#Cc1ccc(N/C=C\N)cc1. The normalized spacial score (nSPS) is 9.58. The molecule has 0 aliphatic heterocycles. The molecule has 0 aromatic heterocycles. The van der Waals surface area contributed by atoms with Crippen molar-refractivity contribution in [2.24, 2.45) is 5.73 Å². The van der Waals surface area contributed by atoms with Crippen LogP contribution in [0.15, 0.2) is 36.7 Å². The maximum Gasteiger partial charge on any atom is 0.0991 e. The Balaban J connectivity index is 2.73. The third-order valence-electron chi connectivity index (χ3n) is 1.36. The summed E-state index contributed by atoms with van der Waals surface area (Å²) in [4.78, 5) is 0. The van der Waals surface area contributed by atoms with Crippen LogP contribution in [0, 0.1) is 11.3 Å². The Morgan fingerprint density at radius 3 is 2.50 bits per heavy atom. The molecular weight excluding hydrogens is 150 g/mol. The Morgan fingerprint density at radius 2 is 2.00 bits per heavy atom. The van der Waals surface area contributed by atoms with Crippen molar-refractivity contribution in [2.75, 3.05) is 5.32 Å². The van der Waals surface area contributed by atoms with Gasteiger partial charge in [0.1, 0.15) is 0 Å². The third-order valence-corrected chi connectivity index (χ3v) is 1.36. The van der Waals surface area contributed by atoms with Crippen molar-refractivity contribution in [3.05, 3.63) is 42.2 Å². The summed E-state index contributed by atoms with van der Waals surface area (Å²) >= 11 is 0. The van der Waals surface area contributed by atoms with Crippen LogP contribution < -0.4 is 11.1 Å². The van der Waals surface area contributed by atoms with E-state index in [-0.39, 0.29) is 0 Å². The van der Waals surface area contributed by atoms with Crippen molar-refractivity contribution in [3.8, 4) is 6.07 Å². The zero-order valence-corrected chi connectivity index (χ0v) is 6.49. The smallest absolute Gasteiger partial charge is 0.0991 e. The zero-order chi connectivity index (χ0) is 8.81. The van der Waals surface area contributed by atoms with Crippen LogP contribution in [0.1, 0.15) is 5.56 Å². The van der Waals surface area contributed by atoms with E-state index in [1.165, 1.54) is 6.20 Å². The Kier molecular flexibility index (Phi) is 2.74. The zero-order valence-electron chi connectivity index (χ0n) is 6.49. The molecule has 0 amide bonds. The maximum absolute atomic E-state index is 8.50. The van der Waals surface area contributed by atoms with Gasteiger partial charge in [-0.25, -0.2) is 0 Å². The van der Waals surface area contributed by atoms with E-state index >= 15 is 0 Å². The second-order valence-corrected chi connectivity index (χ2v) is 2.19. The molecule has 60 valence electrons. The van der Waals surface area contributed by atoms with Gasteiger partial charge in [-0.15, -0.1) is 0 Å². The molecule has 0 saturated heterocycles. The second-order valence-electron chi connectivity index (χ2n) is 2.19. The number of nitrogens with zero attached hydrogens (tertiary/aromatic N) is 1. The lowest BCUT2D eigenvalue weighted by Gasteiger charge is -1.98.